The molecule has 3 aromatic carbocycles. The highest BCUT2D eigenvalue weighted by Gasteiger charge is 2.22. The number of para-hydroxylation sites is 2. The Bertz CT molecular complexity index is 1400. The Hall–Kier alpha value is -2.88. The number of hydrogen-bond donors (Lipinski definition) is 1. The molecule has 0 bridgehead atoms. The molecule has 4 aromatic rings. The third-order valence-electron chi connectivity index (χ3n) is 4.91. The summed E-state index contributed by atoms with van der Waals surface area (Å²) in [4.78, 5) is 13.5. The predicted octanol–water partition coefficient (Wildman–Crippen LogP) is 5.75. The van der Waals surface area contributed by atoms with Crippen molar-refractivity contribution >= 4 is 64.7 Å². The van der Waals surface area contributed by atoms with Gasteiger partial charge < -0.3 is 10.1 Å². The lowest BCUT2D eigenvalue weighted by atomic mass is 10.2. The van der Waals surface area contributed by atoms with Gasteiger partial charge in [-0.05, 0) is 66.0 Å². The third kappa shape index (κ3) is 4.36. The number of nitrogens with one attached hydrogen (secondary N) is 1. The molecule has 0 aliphatic heterocycles. The number of carbonyl (C=O) groups is 1. The normalized spacial score (nSPS) is 11.3. The number of benzene rings is 3. The van der Waals surface area contributed by atoms with Gasteiger partial charge in [0.25, 0.3) is 15.9 Å². The van der Waals surface area contributed by atoms with Crippen molar-refractivity contribution in [3.8, 4) is 5.75 Å². The Kier molecular flexibility index (Phi) is 6.23. The minimum atomic E-state index is -3.71. The molecule has 1 amide bonds. The topological polar surface area (TPSA) is 75.7 Å². The van der Waals surface area contributed by atoms with Gasteiger partial charge in [-0.15, -0.1) is 11.3 Å². The highest BCUT2D eigenvalue weighted by atomic mass is 79.9. The molecule has 0 aliphatic rings. The quantitative estimate of drug-likeness (QED) is 0.344. The van der Waals surface area contributed by atoms with E-state index in [1.807, 2.05) is 18.2 Å². The van der Waals surface area contributed by atoms with Crippen LogP contribution in [0.5, 0.6) is 5.75 Å². The van der Waals surface area contributed by atoms with Crippen molar-refractivity contribution in [2.75, 3.05) is 23.8 Å². The average molecular weight is 531 g/mol. The van der Waals surface area contributed by atoms with Gasteiger partial charge in [-0.2, -0.15) is 0 Å². The number of rotatable bonds is 6. The number of ether oxygens (including phenoxy) is 1. The second-order valence-corrected chi connectivity index (χ2v) is 10.9. The number of methoxy groups -OCH3 is 1. The van der Waals surface area contributed by atoms with Crippen LogP contribution in [-0.2, 0) is 10.0 Å². The Labute approximate surface area is 198 Å². The van der Waals surface area contributed by atoms with Crippen LogP contribution in [0.25, 0.3) is 10.1 Å². The highest BCUT2D eigenvalue weighted by molar-refractivity contribution is 9.10. The molecule has 1 heterocycles. The molecule has 0 aliphatic carbocycles. The number of nitrogens with zero attached hydrogens (tertiary/aromatic N) is 1. The number of halogens is 1. The fourth-order valence-electron chi connectivity index (χ4n) is 3.17. The van der Waals surface area contributed by atoms with E-state index in [4.69, 9.17) is 4.74 Å². The van der Waals surface area contributed by atoms with Crippen molar-refractivity contribution in [2.24, 2.45) is 0 Å². The number of sulfonamides is 1. The minimum absolute atomic E-state index is 0.200. The molecular weight excluding hydrogens is 512 g/mol. The summed E-state index contributed by atoms with van der Waals surface area (Å²) in [6.45, 7) is 0. The van der Waals surface area contributed by atoms with Gasteiger partial charge in [-0.1, -0.05) is 28.1 Å². The first-order valence-corrected chi connectivity index (χ1v) is 12.6. The van der Waals surface area contributed by atoms with Gasteiger partial charge in [0, 0.05) is 16.2 Å². The predicted molar refractivity (Wildman–Crippen MR) is 133 cm³/mol. The summed E-state index contributed by atoms with van der Waals surface area (Å²) >= 11 is 4.66. The lowest BCUT2D eigenvalue weighted by Gasteiger charge is -2.19. The molecule has 9 heteroatoms. The molecule has 1 aromatic heterocycles. The Morgan fingerprint density at radius 1 is 1.03 bits per heavy atom. The van der Waals surface area contributed by atoms with Crippen LogP contribution in [0.4, 0.5) is 11.4 Å². The smallest absolute Gasteiger partial charge is 0.265 e. The molecule has 0 unspecified atom stereocenters. The number of anilines is 2. The summed E-state index contributed by atoms with van der Waals surface area (Å²) in [5.41, 5.74) is 1.09. The Balaban J connectivity index is 1.61. The number of amides is 1. The Morgan fingerprint density at radius 2 is 1.75 bits per heavy atom. The first kappa shape index (κ1) is 22.3. The zero-order chi connectivity index (χ0) is 22.9. The maximum atomic E-state index is 13.0. The van der Waals surface area contributed by atoms with E-state index in [0.717, 1.165) is 14.6 Å². The van der Waals surface area contributed by atoms with Crippen LogP contribution in [0, 0.1) is 0 Å². The Morgan fingerprint density at radius 3 is 2.47 bits per heavy atom. The van der Waals surface area contributed by atoms with Crippen molar-refractivity contribution in [3.63, 3.8) is 0 Å². The van der Waals surface area contributed by atoms with Crippen molar-refractivity contribution < 1.29 is 17.9 Å². The molecule has 0 radical (unpaired) electrons. The van der Waals surface area contributed by atoms with E-state index in [1.54, 1.807) is 61.7 Å². The monoisotopic (exact) mass is 530 g/mol. The van der Waals surface area contributed by atoms with Crippen LogP contribution in [0.2, 0.25) is 0 Å². The molecule has 164 valence electrons. The molecule has 0 saturated carbocycles. The van der Waals surface area contributed by atoms with E-state index in [9.17, 15) is 13.2 Å². The van der Waals surface area contributed by atoms with E-state index >= 15 is 0 Å². The first-order valence-electron chi connectivity index (χ1n) is 9.52. The maximum Gasteiger partial charge on any atom is 0.265 e. The van der Waals surface area contributed by atoms with Gasteiger partial charge in [0.15, 0.2) is 0 Å². The minimum Gasteiger partial charge on any atom is -0.495 e. The molecule has 1 N–H and O–H groups in total. The van der Waals surface area contributed by atoms with Crippen molar-refractivity contribution in [1.82, 2.24) is 0 Å². The molecule has 0 spiro atoms. The van der Waals surface area contributed by atoms with Crippen LogP contribution in [0.3, 0.4) is 0 Å². The summed E-state index contributed by atoms with van der Waals surface area (Å²) in [5.74, 6) is 0.317. The second-order valence-electron chi connectivity index (χ2n) is 6.91. The van der Waals surface area contributed by atoms with E-state index in [-0.39, 0.29) is 10.8 Å². The summed E-state index contributed by atoms with van der Waals surface area (Å²) in [6.07, 6.45) is 0. The van der Waals surface area contributed by atoms with Gasteiger partial charge in [0.2, 0.25) is 0 Å². The summed E-state index contributed by atoms with van der Waals surface area (Å²) < 4.78 is 34.2. The molecule has 4 rings (SSSR count). The van der Waals surface area contributed by atoms with Crippen LogP contribution >= 0.6 is 27.3 Å². The SMILES string of the molecule is COc1ccccc1NC(=O)c1cc2cc(N(C)S(=O)(=O)c3ccc(Br)cc3)ccc2s1. The van der Waals surface area contributed by atoms with Crippen LogP contribution in [0.1, 0.15) is 9.67 Å². The third-order valence-corrected chi connectivity index (χ3v) is 8.36. The zero-order valence-electron chi connectivity index (χ0n) is 17.2. The van der Waals surface area contributed by atoms with E-state index in [1.165, 1.54) is 22.7 Å². The summed E-state index contributed by atoms with van der Waals surface area (Å²) in [5, 5.41) is 3.65. The number of thiophene rings is 1. The van der Waals surface area contributed by atoms with E-state index in [2.05, 4.69) is 21.2 Å². The van der Waals surface area contributed by atoms with Crippen molar-refractivity contribution in [2.45, 2.75) is 4.90 Å². The number of carbonyl (C=O) groups excluding carboxylic acids is 1. The first-order chi connectivity index (χ1) is 15.3. The van der Waals surface area contributed by atoms with Gasteiger partial charge in [0.05, 0.1) is 28.3 Å². The largest absolute Gasteiger partial charge is 0.495 e. The fraction of sp³-hybridized carbons (Fsp3) is 0.0870. The van der Waals surface area contributed by atoms with Gasteiger partial charge in [-0.25, -0.2) is 8.42 Å². The van der Waals surface area contributed by atoms with Crippen LogP contribution in [0.15, 0.2) is 82.2 Å². The lowest BCUT2D eigenvalue weighted by Crippen LogP contribution is -2.26. The second kappa shape index (κ2) is 8.93. The summed E-state index contributed by atoms with van der Waals surface area (Å²) in [7, 11) is -0.652. The van der Waals surface area contributed by atoms with Crippen molar-refractivity contribution in [3.05, 3.63) is 82.1 Å². The average Bonchev–Trinajstić information content (AvgIpc) is 3.23. The fourth-order valence-corrected chi connectivity index (χ4v) is 5.56. The maximum absolute atomic E-state index is 13.0. The van der Waals surface area contributed by atoms with E-state index < -0.39 is 10.0 Å². The molecule has 0 saturated heterocycles. The molecule has 0 fully saturated rings. The van der Waals surface area contributed by atoms with Gasteiger partial charge in [0.1, 0.15) is 5.75 Å². The van der Waals surface area contributed by atoms with Crippen LogP contribution in [-0.4, -0.2) is 28.5 Å². The zero-order valence-corrected chi connectivity index (χ0v) is 20.4. The molecule has 0 atom stereocenters. The van der Waals surface area contributed by atoms with Gasteiger partial charge in [-0.3, -0.25) is 9.10 Å². The van der Waals surface area contributed by atoms with Crippen LogP contribution < -0.4 is 14.4 Å². The lowest BCUT2D eigenvalue weighted by molar-refractivity contribution is 0.103. The molecule has 32 heavy (non-hydrogen) atoms. The summed E-state index contributed by atoms with van der Waals surface area (Å²) in [6, 6.07) is 20.8. The highest BCUT2D eigenvalue weighted by Crippen LogP contribution is 2.32. The number of fused-ring (bicyclic) bond motifs is 1. The molecular formula is C23H19BrN2O4S2. The molecule has 6 nitrogen and oxygen atoms in total. The van der Waals surface area contributed by atoms with E-state index in [0.29, 0.717) is 22.0 Å². The van der Waals surface area contributed by atoms with Gasteiger partial charge >= 0.3 is 0 Å². The van der Waals surface area contributed by atoms with Crippen molar-refractivity contribution in [1.29, 1.82) is 0 Å². The standard InChI is InChI=1S/C23H19BrN2O4S2/c1-26(32(28,29)18-10-7-16(24)8-11-18)17-9-12-21-15(13-17)14-22(31-21)23(27)25-19-5-3-4-6-20(19)30-2/h3-14H,1-2H3,(H,25,27). The number of hydrogen-bond acceptors (Lipinski definition) is 5.